The summed E-state index contributed by atoms with van der Waals surface area (Å²) in [6.45, 7) is 23.4. The van der Waals surface area contributed by atoms with Gasteiger partial charge in [0.25, 0.3) is 0 Å². The molecule has 7 atom stereocenters. The van der Waals surface area contributed by atoms with Crippen molar-refractivity contribution in [1.29, 1.82) is 0 Å². The first-order chi connectivity index (χ1) is 20.8. The molecule has 0 spiro atoms. The second-order valence-corrected chi connectivity index (χ2v) is 30.2. The molecule has 0 saturated heterocycles. The molecule has 9 nitrogen and oxygen atoms in total. The summed E-state index contributed by atoms with van der Waals surface area (Å²) in [5.74, 6) is 1.13. The highest BCUT2D eigenvalue weighted by Gasteiger charge is 2.70. The van der Waals surface area contributed by atoms with E-state index in [0.717, 1.165) is 56.4 Å². The third-order valence-electron chi connectivity index (χ3n) is 10.5. The Morgan fingerprint density at radius 3 is 2.18 bits per heavy atom. The van der Waals surface area contributed by atoms with Crippen molar-refractivity contribution in [3.8, 4) is 0 Å². The smallest absolute Gasteiger partial charge is 0.185 e. The molecule has 0 aromatic rings. The molecule has 3 saturated carbocycles. The highest BCUT2D eigenvalue weighted by molar-refractivity contribution is 6.70. The van der Waals surface area contributed by atoms with E-state index in [1.165, 1.54) is 5.57 Å². The van der Waals surface area contributed by atoms with Crippen LogP contribution in [0.1, 0.15) is 51.9 Å². The fourth-order valence-corrected chi connectivity index (χ4v) is 12.5. The molecule has 12 heteroatoms. The van der Waals surface area contributed by atoms with Gasteiger partial charge in [-0.2, -0.15) is 0 Å². The third kappa shape index (κ3) is 7.40. The van der Waals surface area contributed by atoms with Crippen LogP contribution in [0.4, 0.5) is 0 Å². The average Bonchev–Trinajstić information content (AvgIpc) is 3.19. The van der Waals surface area contributed by atoms with E-state index in [2.05, 4.69) is 88.4 Å². The molecule has 256 valence electrons. The average molecular weight is 680 g/mol. The topological polar surface area (TPSA) is 92.5 Å². The van der Waals surface area contributed by atoms with Crippen LogP contribution in [0.15, 0.2) is 27.1 Å². The zero-order valence-electron chi connectivity index (χ0n) is 30.4. The summed E-state index contributed by atoms with van der Waals surface area (Å²) in [5.41, 5.74) is 2.24. The van der Waals surface area contributed by atoms with Crippen LogP contribution in [0.3, 0.4) is 0 Å². The molecule has 4 aliphatic rings. The van der Waals surface area contributed by atoms with E-state index >= 15 is 0 Å². The van der Waals surface area contributed by atoms with Gasteiger partial charge in [-0.1, -0.05) is 28.0 Å². The Morgan fingerprint density at radius 2 is 1.60 bits per heavy atom. The van der Waals surface area contributed by atoms with E-state index in [0.29, 0.717) is 18.4 Å². The summed E-state index contributed by atoms with van der Waals surface area (Å²) in [7, 11) is -0.942. The van der Waals surface area contributed by atoms with E-state index < -0.39 is 30.6 Å². The van der Waals surface area contributed by atoms with Crippen LogP contribution >= 0.6 is 0 Å². The van der Waals surface area contributed by atoms with Crippen LogP contribution in [0.2, 0.25) is 58.9 Å². The van der Waals surface area contributed by atoms with Gasteiger partial charge < -0.3 is 27.8 Å². The maximum atomic E-state index is 7.47. The number of hydrogen-bond acceptors (Lipinski definition) is 9. The van der Waals surface area contributed by atoms with Crippen LogP contribution in [-0.2, 0) is 27.8 Å². The van der Waals surface area contributed by atoms with Gasteiger partial charge in [0.15, 0.2) is 25.0 Å². The molecule has 4 aliphatic carbocycles. The summed E-state index contributed by atoms with van der Waals surface area (Å²) in [5, 5.41) is 13.6. The molecule has 0 amide bonds. The predicted molar refractivity (Wildman–Crippen MR) is 190 cm³/mol. The first kappa shape index (κ1) is 36.5. The molecule has 4 rings (SSSR count). The third-order valence-corrected chi connectivity index (χ3v) is 13.5. The maximum absolute atomic E-state index is 7.47. The lowest BCUT2D eigenvalue weighted by atomic mass is 9.45. The van der Waals surface area contributed by atoms with E-state index in [9.17, 15) is 0 Å². The minimum absolute atomic E-state index is 0.0280. The minimum atomic E-state index is -2.06. The zero-order chi connectivity index (χ0) is 33.5. The van der Waals surface area contributed by atoms with Gasteiger partial charge in [-0.05, 0) is 122 Å². The molecule has 0 bridgehead atoms. The fraction of sp³-hybridized carbons (Fsp3) is 0.848. The van der Waals surface area contributed by atoms with Crippen molar-refractivity contribution in [3.05, 3.63) is 11.6 Å². The van der Waals surface area contributed by atoms with Crippen LogP contribution in [0, 0.1) is 28.6 Å². The normalized spacial score (nSPS) is 36.8. The van der Waals surface area contributed by atoms with Crippen molar-refractivity contribution < 1.29 is 27.8 Å². The second kappa shape index (κ2) is 13.3. The largest absolute Gasteiger partial charge is 0.414 e. The van der Waals surface area contributed by atoms with Gasteiger partial charge in [0, 0.05) is 22.9 Å². The van der Waals surface area contributed by atoms with Gasteiger partial charge in [-0.3, -0.25) is 0 Å². The Morgan fingerprint density at radius 1 is 0.889 bits per heavy atom. The van der Waals surface area contributed by atoms with E-state index in [1.54, 1.807) is 21.3 Å². The Balaban J connectivity index is 1.91. The van der Waals surface area contributed by atoms with Gasteiger partial charge in [-0.25, -0.2) is 0 Å². The molecule has 0 radical (unpaired) electrons. The SMILES string of the molecule is CO/N=C/[C@]12CC/C(=N\OC)C=C1CCC1C2[C@@H](O[Si](C)(C)C)C[C@@]2(C)C1CC[C@]2(O[Si](C)(C)C)/C(CO[Si](C)(C)C)=N/OC. The van der Waals surface area contributed by atoms with Gasteiger partial charge in [-0.15, -0.1) is 0 Å². The number of rotatable bonds is 12. The van der Waals surface area contributed by atoms with Crippen molar-refractivity contribution in [2.75, 3.05) is 27.9 Å². The number of oxime groups is 3. The van der Waals surface area contributed by atoms with Crippen molar-refractivity contribution in [3.63, 3.8) is 0 Å². The molecule has 45 heavy (non-hydrogen) atoms. The second-order valence-electron chi connectivity index (χ2n) is 16.8. The summed E-state index contributed by atoms with van der Waals surface area (Å²) in [6.07, 6.45) is 11.1. The molecule has 0 aliphatic heterocycles. The summed E-state index contributed by atoms with van der Waals surface area (Å²) in [4.78, 5) is 16.2. The molecule has 0 aromatic carbocycles. The molecule has 3 fully saturated rings. The van der Waals surface area contributed by atoms with Crippen LogP contribution in [-0.4, -0.2) is 82.2 Å². The highest BCUT2D eigenvalue weighted by Crippen LogP contribution is 2.69. The Labute approximate surface area is 275 Å². The molecular formula is C33H61N3O6Si3. The van der Waals surface area contributed by atoms with Crippen molar-refractivity contribution in [2.45, 2.75) is 122 Å². The number of allylic oxidation sites excluding steroid dienone is 2. The molecule has 3 unspecified atom stereocenters. The summed E-state index contributed by atoms with van der Waals surface area (Å²) in [6, 6.07) is 0. The lowest BCUT2D eigenvalue weighted by Gasteiger charge is -2.63. The molecular weight excluding hydrogens is 619 g/mol. The van der Waals surface area contributed by atoms with Gasteiger partial charge in [0.05, 0.1) is 18.5 Å². The first-order valence-electron chi connectivity index (χ1n) is 16.9. The zero-order valence-corrected chi connectivity index (χ0v) is 33.4. The lowest BCUT2D eigenvalue weighted by Crippen LogP contribution is -2.66. The molecule has 0 aromatic heterocycles. The lowest BCUT2D eigenvalue weighted by molar-refractivity contribution is -0.133. The van der Waals surface area contributed by atoms with Crippen molar-refractivity contribution in [2.24, 2.45) is 44.1 Å². The number of fused-ring (bicyclic) bond motifs is 5. The summed E-state index contributed by atoms with van der Waals surface area (Å²) < 4.78 is 21.4. The standard InChI is InChI=1S/C33H61N3O6Si3/c1-31-21-28(41-44(8,9)10)30-26(15-14-24-20-25(35-38-3)16-18-32(24,30)23-34-37-2)27(31)17-19-33(31,42-45(11,12)13)29(36-39-4)22-40-43(5,6)7/h20,23,26-28,30H,14-19,21-22H2,1-13H3/b34-23+,35-25+,36-29+/t26?,27?,28-,30?,31-,32+,33-/m0/s1. The van der Waals surface area contributed by atoms with Gasteiger partial charge >= 0.3 is 0 Å². The summed E-state index contributed by atoms with van der Waals surface area (Å²) >= 11 is 0. The van der Waals surface area contributed by atoms with Crippen LogP contribution in [0.25, 0.3) is 0 Å². The first-order valence-corrected chi connectivity index (χ1v) is 27.1. The van der Waals surface area contributed by atoms with E-state index in [4.69, 9.17) is 32.9 Å². The van der Waals surface area contributed by atoms with Crippen LogP contribution in [0.5, 0.6) is 0 Å². The number of hydrogen-bond donors (Lipinski definition) is 0. The quantitative estimate of drug-likeness (QED) is 0.119. The minimum Gasteiger partial charge on any atom is -0.414 e. The maximum Gasteiger partial charge on any atom is 0.185 e. The van der Waals surface area contributed by atoms with Crippen molar-refractivity contribution >= 4 is 42.6 Å². The van der Waals surface area contributed by atoms with Crippen LogP contribution < -0.4 is 0 Å². The monoisotopic (exact) mass is 679 g/mol. The van der Waals surface area contributed by atoms with E-state index in [-0.39, 0.29) is 22.9 Å². The molecule has 0 heterocycles. The Hall–Kier alpha value is -1.32. The number of nitrogens with zero attached hydrogens (tertiary/aromatic N) is 3. The van der Waals surface area contributed by atoms with E-state index in [1.807, 2.05) is 0 Å². The van der Waals surface area contributed by atoms with Gasteiger partial charge in [0.1, 0.15) is 32.6 Å². The fourth-order valence-electron chi connectivity index (χ4n) is 9.31. The Kier molecular flexibility index (Phi) is 10.8. The Bertz CT molecular complexity index is 1190. The highest BCUT2D eigenvalue weighted by atomic mass is 28.4. The van der Waals surface area contributed by atoms with Gasteiger partial charge in [0.2, 0.25) is 0 Å². The molecule has 0 N–H and O–H groups in total. The predicted octanol–water partition coefficient (Wildman–Crippen LogP) is 7.84. The van der Waals surface area contributed by atoms with Crippen molar-refractivity contribution in [1.82, 2.24) is 0 Å².